The lowest BCUT2D eigenvalue weighted by Crippen LogP contribution is -2.47. The zero-order valence-electron chi connectivity index (χ0n) is 15.5. The number of nitrogens with one attached hydrogen (secondary N) is 1. The number of carbonyl (C=O) groups excluding carboxylic acids is 3. The topological polar surface area (TPSA) is 75.7 Å². The van der Waals surface area contributed by atoms with E-state index in [0.717, 1.165) is 5.56 Å². The molecule has 3 rings (SSSR count). The number of nitrogens with zero attached hydrogens (tertiary/aromatic N) is 1. The summed E-state index contributed by atoms with van der Waals surface area (Å²) in [6, 6.07) is 15.2. The lowest BCUT2D eigenvalue weighted by molar-refractivity contribution is -0.124. The maximum Gasteiger partial charge on any atom is 0.410 e. The Morgan fingerprint density at radius 1 is 1.07 bits per heavy atom. The Labute approximate surface area is 165 Å². The van der Waals surface area contributed by atoms with E-state index < -0.39 is 12.1 Å². The summed E-state index contributed by atoms with van der Waals surface area (Å²) in [6.07, 6.45) is 0.735. The van der Waals surface area contributed by atoms with Gasteiger partial charge in [0.25, 0.3) is 0 Å². The molecule has 2 amide bonds. The molecule has 1 saturated heterocycles. The van der Waals surface area contributed by atoms with E-state index in [1.807, 2.05) is 30.3 Å². The maximum absolute atomic E-state index is 12.5. The number of rotatable bonds is 6. The molecule has 7 heteroatoms. The van der Waals surface area contributed by atoms with Gasteiger partial charge in [0.15, 0.2) is 5.78 Å². The predicted octanol–water partition coefficient (Wildman–Crippen LogP) is 1.58. The highest BCUT2D eigenvalue weighted by molar-refractivity contribution is 6.32. The minimum Gasteiger partial charge on any atom is -0.445 e. The van der Waals surface area contributed by atoms with E-state index in [9.17, 15) is 14.4 Å². The molecule has 0 bridgehead atoms. The van der Waals surface area contributed by atoms with Crippen molar-refractivity contribution in [3.63, 3.8) is 0 Å². The molecule has 1 atom stereocenters. The van der Waals surface area contributed by atoms with Crippen molar-refractivity contribution in [2.75, 3.05) is 13.1 Å². The van der Waals surface area contributed by atoms with Crippen molar-refractivity contribution in [2.45, 2.75) is 25.5 Å². The van der Waals surface area contributed by atoms with Gasteiger partial charge in [-0.2, -0.15) is 0 Å². The second kappa shape index (κ2) is 9.22. The highest BCUT2D eigenvalue weighted by Crippen LogP contribution is 2.19. The largest absolute Gasteiger partial charge is 0.445 e. The van der Waals surface area contributed by atoms with Crippen molar-refractivity contribution in [3.8, 4) is 0 Å². The van der Waals surface area contributed by atoms with Crippen LogP contribution >= 0.6 is 0 Å². The van der Waals surface area contributed by atoms with Gasteiger partial charge >= 0.3 is 6.09 Å². The highest BCUT2D eigenvalue weighted by atomic mass is 16.6. The number of likely N-dealkylation sites (tertiary alicyclic amines) is 1. The number of ether oxygens (including phenoxy) is 1. The number of hydrogen-bond acceptors (Lipinski definition) is 4. The summed E-state index contributed by atoms with van der Waals surface area (Å²) < 4.78 is 5.33. The molecule has 142 valence electrons. The van der Waals surface area contributed by atoms with Crippen molar-refractivity contribution < 1.29 is 19.1 Å². The lowest BCUT2D eigenvalue weighted by atomic mass is 9.94. The molecule has 1 aliphatic heterocycles. The Balaban J connectivity index is 1.51. The molecule has 0 unspecified atom stereocenters. The normalized spacial score (nSPS) is 15.9. The SMILES string of the molecule is [B]c1ccc(C(=O)CNC(=O)[C@@H]2CCCN2C(=O)OCc2ccccc2)cc1. The quantitative estimate of drug-likeness (QED) is 0.614. The Hall–Kier alpha value is -3.09. The molecule has 1 aliphatic rings. The van der Waals surface area contributed by atoms with E-state index in [-0.39, 0.29) is 24.8 Å². The molecule has 0 aromatic heterocycles. The first-order valence-electron chi connectivity index (χ1n) is 9.18. The zero-order chi connectivity index (χ0) is 19.9. The molecule has 1 N–H and O–H groups in total. The summed E-state index contributed by atoms with van der Waals surface area (Å²) in [7, 11) is 5.61. The first-order chi connectivity index (χ1) is 13.5. The molecular formula is C21H21BN2O4. The molecule has 2 aromatic carbocycles. The number of ketones is 1. The van der Waals surface area contributed by atoms with Gasteiger partial charge in [0, 0.05) is 12.1 Å². The number of amides is 2. The summed E-state index contributed by atoms with van der Waals surface area (Å²) in [5.41, 5.74) is 1.92. The van der Waals surface area contributed by atoms with Crippen LogP contribution in [0.15, 0.2) is 54.6 Å². The van der Waals surface area contributed by atoms with Crippen molar-refractivity contribution in [2.24, 2.45) is 0 Å². The summed E-state index contributed by atoms with van der Waals surface area (Å²) in [5.74, 6) is -0.567. The van der Waals surface area contributed by atoms with Crippen molar-refractivity contribution >= 4 is 31.1 Å². The molecule has 1 heterocycles. The number of Topliss-reactive ketones (excluding diaryl/α,β-unsaturated/α-hetero) is 1. The molecule has 2 aromatic rings. The Kier molecular flexibility index (Phi) is 6.47. The second-order valence-corrected chi connectivity index (χ2v) is 6.65. The van der Waals surface area contributed by atoms with E-state index in [1.165, 1.54) is 4.90 Å². The number of hydrogen-bond donors (Lipinski definition) is 1. The predicted molar refractivity (Wildman–Crippen MR) is 106 cm³/mol. The standard InChI is InChI=1S/C21H21BN2O4/c22-17-10-8-16(9-11-17)19(25)13-23-20(26)18-7-4-12-24(18)21(27)28-14-15-5-2-1-3-6-15/h1-3,5-6,8-11,18H,4,7,12-14H2,(H,23,26)/t18-/m0/s1. The Morgan fingerprint density at radius 2 is 1.79 bits per heavy atom. The van der Waals surface area contributed by atoms with Gasteiger partial charge < -0.3 is 10.1 Å². The maximum atomic E-state index is 12.5. The van der Waals surface area contributed by atoms with Crippen molar-refractivity contribution in [3.05, 3.63) is 65.7 Å². The summed E-state index contributed by atoms with van der Waals surface area (Å²) >= 11 is 0. The van der Waals surface area contributed by atoms with E-state index in [4.69, 9.17) is 12.6 Å². The molecule has 28 heavy (non-hydrogen) atoms. The van der Waals surface area contributed by atoms with Crippen molar-refractivity contribution in [1.29, 1.82) is 0 Å². The van der Waals surface area contributed by atoms with Crippen LogP contribution in [0.3, 0.4) is 0 Å². The van der Waals surface area contributed by atoms with Gasteiger partial charge in [0.2, 0.25) is 5.91 Å². The minimum atomic E-state index is -0.623. The van der Waals surface area contributed by atoms with Crippen LogP contribution in [0.25, 0.3) is 0 Å². The summed E-state index contributed by atoms with van der Waals surface area (Å²) in [5, 5.41) is 2.63. The second-order valence-electron chi connectivity index (χ2n) is 6.65. The molecule has 0 spiro atoms. The smallest absolute Gasteiger partial charge is 0.410 e. The van der Waals surface area contributed by atoms with Crippen LogP contribution < -0.4 is 10.8 Å². The van der Waals surface area contributed by atoms with E-state index in [0.29, 0.717) is 30.4 Å². The third kappa shape index (κ3) is 5.00. The molecular weight excluding hydrogens is 355 g/mol. The zero-order valence-corrected chi connectivity index (χ0v) is 15.5. The Morgan fingerprint density at radius 3 is 2.50 bits per heavy atom. The first-order valence-corrected chi connectivity index (χ1v) is 9.18. The minimum absolute atomic E-state index is 0.133. The fourth-order valence-electron chi connectivity index (χ4n) is 3.12. The Bertz CT molecular complexity index is 839. The molecule has 0 saturated carbocycles. The average Bonchev–Trinajstić information content (AvgIpc) is 3.21. The van der Waals surface area contributed by atoms with Gasteiger partial charge in [-0.25, -0.2) is 4.79 Å². The lowest BCUT2D eigenvalue weighted by Gasteiger charge is -2.23. The van der Waals surface area contributed by atoms with Crippen LogP contribution in [0.5, 0.6) is 0 Å². The van der Waals surface area contributed by atoms with Crippen LogP contribution in [0.1, 0.15) is 28.8 Å². The van der Waals surface area contributed by atoms with Crippen LogP contribution in [-0.4, -0.2) is 49.7 Å². The van der Waals surface area contributed by atoms with E-state index in [1.54, 1.807) is 24.3 Å². The van der Waals surface area contributed by atoms with Gasteiger partial charge in [-0.1, -0.05) is 60.1 Å². The third-order valence-corrected chi connectivity index (χ3v) is 4.65. The van der Waals surface area contributed by atoms with Gasteiger partial charge in [0.1, 0.15) is 20.5 Å². The van der Waals surface area contributed by atoms with Crippen LogP contribution in [0.2, 0.25) is 0 Å². The fraction of sp³-hybridized carbons (Fsp3) is 0.286. The van der Waals surface area contributed by atoms with Gasteiger partial charge in [0.05, 0.1) is 6.54 Å². The van der Waals surface area contributed by atoms with E-state index >= 15 is 0 Å². The summed E-state index contributed by atoms with van der Waals surface area (Å²) in [4.78, 5) is 38.5. The van der Waals surface area contributed by atoms with Gasteiger partial charge in [-0.15, -0.1) is 0 Å². The van der Waals surface area contributed by atoms with Crippen LogP contribution in [-0.2, 0) is 16.1 Å². The monoisotopic (exact) mass is 376 g/mol. The number of benzene rings is 2. The van der Waals surface area contributed by atoms with Crippen LogP contribution in [0, 0.1) is 0 Å². The highest BCUT2D eigenvalue weighted by Gasteiger charge is 2.35. The van der Waals surface area contributed by atoms with E-state index in [2.05, 4.69) is 5.32 Å². The molecule has 2 radical (unpaired) electrons. The number of carbonyl (C=O) groups is 3. The molecule has 0 aliphatic carbocycles. The van der Waals surface area contributed by atoms with Crippen LogP contribution in [0.4, 0.5) is 4.79 Å². The molecule has 6 nitrogen and oxygen atoms in total. The third-order valence-electron chi connectivity index (χ3n) is 4.65. The first kappa shape index (κ1) is 19.7. The van der Waals surface area contributed by atoms with Gasteiger partial charge in [-0.3, -0.25) is 14.5 Å². The summed E-state index contributed by atoms with van der Waals surface area (Å²) in [6.45, 7) is 0.476. The molecule has 1 fully saturated rings. The van der Waals surface area contributed by atoms with Crippen molar-refractivity contribution in [1.82, 2.24) is 10.2 Å². The van der Waals surface area contributed by atoms with Gasteiger partial charge in [-0.05, 0) is 18.4 Å². The average molecular weight is 376 g/mol. The fourth-order valence-corrected chi connectivity index (χ4v) is 3.12.